The van der Waals surface area contributed by atoms with Gasteiger partial charge < -0.3 is 9.84 Å². The Labute approximate surface area is 121 Å². The summed E-state index contributed by atoms with van der Waals surface area (Å²) < 4.78 is 6.14. The van der Waals surface area contributed by atoms with Gasteiger partial charge in [-0.1, -0.05) is 25.3 Å². The molecule has 1 aliphatic carbocycles. The first-order chi connectivity index (χ1) is 9.62. The van der Waals surface area contributed by atoms with Gasteiger partial charge in [0.15, 0.2) is 0 Å². The van der Waals surface area contributed by atoms with Crippen LogP contribution in [-0.2, 0) is 10.3 Å². The summed E-state index contributed by atoms with van der Waals surface area (Å²) in [5.41, 5.74) is 0.161. The maximum absolute atomic E-state index is 11.0. The van der Waals surface area contributed by atoms with Gasteiger partial charge in [-0.05, 0) is 44.6 Å². The smallest absolute Gasteiger partial charge is 0.0913 e. The molecule has 110 valence electrons. The molecule has 2 aliphatic rings. The second-order valence-corrected chi connectivity index (χ2v) is 6.67. The van der Waals surface area contributed by atoms with Crippen molar-refractivity contribution in [2.24, 2.45) is 5.92 Å². The Morgan fingerprint density at radius 3 is 2.85 bits per heavy atom. The highest BCUT2D eigenvalue weighted by atomic mass is 16.5. The molecule has 3 nitrogen and oxygen atoms in total. The van der Waals surface area contributed by atoms with E-state index >= 15 is 0 Å². The Morgan fingerprint density at radius 1 is 1.35 bits per heavy atom. The van der Waals surface area contributed by atoms with Gasteiger partial charge in [0.25, 0.3) is 0 Å². The molecule has 0 amide bonds. The van der Waals surface area contributed by atoms with Gasteiger partial charge in [-0.3, -0.25) is 4.98 Å². The lowest BCUT2D eigenvalue weighted by atomic mass is 9.70. The molecule has 20 heavy (non-hydrogen) atoms. The Balaban J connectivity index is 1.79. The molecule has 0 aromatic carbocycles. The van der Waals surface area contributed by atoms with Crippen LogP contribution in [0.3, 0.4) is 0 Å². The van der Waals surface area contributed by atoms with E-state index < -0.39 is 5.60 Å². The van der Waals surface area contributed by atoms with Crippen molar-refractivity contribution in [3.8, 4) is 0 Å². The molecule has 1 saturated carbocycles. The number of pyridine rings is 1. The zero-order valence-electron chi connectivity index (χ0n) is 12.3. The molecule has 1 N–H and O–H groups in total. The van der Waals surface area contributed by atoms with E-state index in [1.807, 2.05) is 19.1 Å². The van der Waals surface area contributed by atoms with Crippen LogP contribution < -0.4 is 0 Å². The van der Waals surface area contributed by atoms with E-state index in [1.165, 1.54) is 19.3 Å². The summed E-state index contributed by atoms with van der Waals surface area (Å²) in [4.78, 5) is 4.16. The van der Waals surface area contributed by atoms with E-state index in [0.717, 1.165) is 37.9 Å². The summed E-state index contributed by atoms with van der Waals surface area (Å²) in [5.74, 6) is 0.263. The summed E-state index contributed by atoms with van der Waals surface area (Å²) in [5, 5.41) is 11.0. The van der Waals surface area contributed by atoms with Crippen molar-refractivity contribution in [3.63, 3.8) is 0 Å². The van der Waals surface area contributed by atoms with Gasteiger partial charge in [-0.15, -0.1) is 0 Å². The van der Waals surface area contributed by atoms with Crippen LogP contribution in [0.25, 0.3) is 0 Å². The maximum atomic E-state index is 11.0. The predicted molar refractivity (Wildman–Crippen MR) is 78.3 cm³/mol. The molecular weight excluding hydrogens is 250 g/mol. The summed E-state index contributed by atoms with van der Waals surface area (Å²) in [6.45, 7) is 2.72. The van der Waals surface area contributed by atoms with Crippen molar-refractivity contribution in [2.45, 2.75) is 63.1 Å². The molecule has 0 bridgehead atoms. The van der Waals surface area contributed by atoms with Crippen LogP contribution in [0.1, 0.15) is 57.4 Å². The van der Waals surface area contributed by atoms with E-state index in [4.69, 9.17) is 4.74 Å². The molecule has 1 saturated heterocycles. The molecule has 1 aromatic rings. The Bertz CT molecular complexity index is 432. The van der Waals surface area contributed by atoms with Crippen LogP contribution in [0.15, 0.2) is 24.5 Å². The van der Waals surface area contributed by atoms with Crippen molar-refractivity contribution in [1.82, 2.24) is 4.98 Å². The zero-order chi connectivity index (χ0) is 14.1. The number of aliphatic hydroxyl groups is 1. The molecule has 2 fully saturated rings. The minimum absolute atomic E-state index is 0.0351. The van der Waals surface area contributed by atoms with Gasteiger partial charge in [-0.2, -0.15) is 0 Å². The minimum Gasteiger partial charge on any atom is -0.385 e. The summed E-state index contributed by atoms with van der Waals surface area (Å²) in [7, 11) is 0. The normalized spacial score (nSPS) is 29.0. The Kier molecular flexibility index (Phi) is 3.83. The van der Waals surface area contributed by atoms with Crippen LogP contribution >= 0.6 is 0 Å². The number of rotatable bonds is 2. The topological polar surface area (TPSA) is 42.4 Å². The number of aromatic nitrogens is 1. The highest BCUT2D eigenvalue weighted by Gasteiger charge is 2.45. The molecule has 1 aromatic heterocycles. The first-order valence-corrected chi connectivity index (χ1v) is 7.89. The molecular formula is C17H25NO2. The lowest BCUT2D eigenvalue weighted by Crippen LogP contribution is -2.47. The van der Waals surface area contributed by atoms with Crippen LogP contribution in [0, 0.1) is 5.92 Å². The van der Waals surface area contributed by atoms with Crippen LogP contribution in [-0.4, -0.2) is 22.3 Å². The quantitative estimate of drug-likeness (QED) is 0.899. The average molecular weight is 275 g/mol. The molecule has 0 radical (unpaired) electrons. The molecule has 3 rings (SSSR count). The fourth-order valence-electron chi connectivity index (χ4n) is 3.95. The number of ether oxygens (including phenoxy) is 1. The summed E-state index contributed by atoms with van der Waals surface area (Å²) in [6, 6.07) is 3.88. The highest BCUT2D eigenvalue weighted by molar-refractivity contribution is 5.19. The minimum atomic E-state index is -0.803. The van der Waals surface area contributed by atoms with Crippen molar-refractivity contribution in [2.75, 3.05) is 6.61 Å². The van der Waals surface area contributed by atoms with Crippen molar-refractivity contribution in [3.05, 3.63) is 30.1 Å². The lowest BCUT2D eigenvalue weighted by Gasteiger charge is -2.47. The molecule has 1 aliphatic heterocycles. The number of nitrogens with zero attached hydrogens (tertiary/aromatic N) is 1. The van der Waals surface area contributed by atoms with E-state index in [2.05, 4.69) is 4.98 Å². The SMILES string of the molecule is CC(O)(c1cccnc1)C1CCOC2(CCCCC2)C1. The van der Waals surface area contributed by atoms with Crippen LogP contribution in [0.2, 0.25) is 0 Å². The van der Waals surface area contributed by atoms with Crippen molar-refractivity contribution >= 4 is 0 Å². The third-order valence-electron chi connectivity index (χ3n) is 5.30. The first kappa shape index (κ1) is 14.0. The number of hydrogen-bond donors (Lipinski definition) is 1. The van der Waals surface area contributed by atoms with E-state index in [1.54, 1.807) is 12.4 Å². The third kappa shape index (κ3) is 2.61. The van der Waals surface area contributed by atoms with Crippen molar-refractivity contribution < 1.29 is 9.84 Å². The highest BCUT2D eigenvalue weighted by Crippen LogP contribution is 2.46. The van der Waals surface area contributed by atoms with Crippen molar-refractivity contribution in [1.29, 1.82) is 0 Å². The molecule has 1 spiro atoms. The Hall–Kier alpha value is -0.930. The van der Waals surface area contributed by atoms with Gasteiger partial charge >= 0.3 is 0 Å². The maximum Gasteiger partial charge on any atom is 0.0913 e. The molecule has 2 atom stereocenters. The standard InChI is InChI=1S/C17H25NO2/c1-16(19,15-6-5-10-18-13-15)14-7-11-20-17(12-14)8-3-2-4-9-17/h5-6,10,13-14,19H,2-4,7-9,11-12H2,1H3. The van der Waals surface area contributed by atoms with Gasteiger partial charge in [0.05, 0.1) is 11.2 Å². The monoisotopic (exact) mass is 275 g/mol. The largest absolute Gasteiger partial charge is 0.385 e. The fraction of sp³-hybridized carbons (Fsp3) is 0.706. The summed E-state index contributed by atoms with van der Waals surface area (Å²) >= 11 is 0. The second-order valence-electron chi connectivity index (χ2n) is 6.67. The molecule has 3 heteroatoms. The fourth-order valence-corrected chi connectivity index (χ4v) is 3.95. The van der Waals surface area contributed by atoms with E-state index in [0.29, 0.717) is 0 Å². The Morgan fingerprint density at radius 2 is 2.15 bits per heavy atom. The summed E-state index contributed by atoms with van der Waals surface area (Å²) in [6.07, 6.45) is 11.6. The van der Waals surface area contributed by atoms with Gasteiger partial charge in [-0.25, -0.2) is 0 Å². The van der Waals surface area contributed by atoms with E-state index in [-0.39, 0.29) is 11.5 Å². The lowest BCUT2D eigenvalue weighted by molar-refractivity contribution is -0.154. The van der Waals surface area contributed by atoms with Gasteiger partial charge in [0.1, 0.15) is 0 Å². The van der Waals surface area contributed by atoms with Gasteiger partial charge in [0, 0.05) is 24.6 Å². The van der Waals surface area contributed by atoms with E-state index in [9.17, 15) is 5.11 Å². The average Bonchev–Trinajstić information content (AvgIpc) is 2.49. The molecule has 2 unspecified atom stereocenters. The molecule has 2 heterocycles. The first-order valence-electron chi connectivity index (χ1n) is 7.89. The van der Waals surface area contributed by atoms with Crippen LogP contribution in [0.4, 0.5) is 0 Å². The predicted octanol–water partition coefficient (Wildman–Crippen LogP) is 3.42. The zero-order valence-corrected chi connectivity index (χ0v) is 12.3. The van der Waals surface area contributed by atoms with Gasteiger partial charge in [0.2, 0.25) is 0 Å². The number of hydrogen-bond acceptors (Lipinski definition) is 3. The van der Waals surface area contributed by atoms with Crippen LogP contribution in [0.5, 0.6) is 0 Å². The second kappa shape index (κ2) is 5.45. The third-order valence-corrected chi connectivity index (χ3v) is 5.30.